The summed E-state index contributed by atoms with van der Waals surface area (Å²) in [4.78, 5) is 28.6. The molecule has 196 valence electrons. The Labute approximate surface area is 213 Å². The number of H-pyrrole nitrogens is 1. The van der Waals surface area contributed by atoms with Crippen molar-refractivity contribution < 1.29 is 17.6 Å². The number of alkyl halides is 3. The van der Waals surface area contributed by atoms with Gasteiger partial charge in [0, 0.05) is 29.4 Å². The van der Waals surface area contributed by atoms with E-state index in [2.05, 4.69) is 17.0 Å². The minimum atomic E-state index is -4.74. The molecule has 0 spiro atoms. The molecule has 7 nitrogen and oxygen atoms in total. The van der Waals surface area contributed by atoms with Crippen LogP contribution in [0.1, 0.15) is 31.7 Å². The van der Waals surface area contributed by atoms with Crippen LogP contribution in [0.5, 0.6) is 0 Å². The van der Waals surface area contributed by atoms with E-state index in [0.717, 1.165) is 30.4 Å². The molecule has 3 heterocycles. The molecule has 0 fully saturated rings. The van der Waals surface area contributed by atoms with E-state index in [9.17, 15) is 27.2 Å². The molecule has 0 aliphatic heterocycles. The van der Waals surface area contributed by atoms with Crippen LogP contribution in [0.15, 0.2) is 63.4 Å². The predicted molar refractivity (Wildman–Crippen MR) is 137 cm³/mol. The SMILES string of the molecule is CCCCCn1ccc2cc(-c3ccc(SC)cn3)cc(F)c2c1=O.Nc1cn[nH]c(=O)c1C(F)(F)F. The van der Waals surface area contributed by atoms with E-state index in [0.29, 0.717) is 23.2 Å². The maximum Gasteiger partial charge on any atom is 0.423 e. The largest absolute Gasteiger partial charge is 0.423 e. The molecule has 4 rings (SSSR count). The molecule has 12 heteroatoms. The number of thioether (sulfide) groups is 1. The van der Waals surface area contributed by atoms with Gasteiger partial charge in [0.2, 0.25) is 0 Å². The van der Waals surface area contributed by atoms with Gasteiger partial charge in [0.1, 0.15) is 11.4 Å². The Morgan fingerprint density at radius 2 is 1.86 bits per heavy atom. The number of nitrogens with two attached hydrogens (primary N) is 1. The Hall–Kier alpha value is -3.67. The Balaban J connectivity index is 0.000000266. The summed E-state index contributed by atoms with van der Waals surface area (Å²) in [6, 6.07) is 8.88. The molecule has 0 bridgehead atoms. The number of rotatable bonds is 6. The van der Waals surface area contributed by atoms with Crippen LogP contribution in [0.3, 0.4) is 0 Å². The van der Waals surface area contributed by atoms with Crippen LogP contribution in [0.2, 0.25) is 0 Å². The second kappa shape index (κ2) is 12.0. The number of nitrogen functional groups attached to an aromatic ring is 1. The number of nitrogens with one attached hydrogen (secondary N) is 1. The van der Waals surface area contributed by atoms with Gasteiger partial charge in [0.25, 0.3) is 11.1 Å². The van der Waals surface area contributed by atoms with Gasteiger partial charge in [-0.25, -0.2) is 9.49 Å². The van der Waals surface area contributed by atoms with Crippen LogP contribution in [0.4, 0.5) is 23.2 Å². The van der Waals surface area contributed by atoms with Crippen molar-refractivity contribution in [1.29, 1.82) is 0 Å². The summed E-state index contributed by atoms with van der Waals surface area (Å²) < 4.78 is 52.2. The van der Waals surface area contributed by atoms with E-state index in [1.807, 2.05) is 30.5 Å². The highest BCUT2D eigenvalue weighted by molar-refractivity contribution is 7.98. The summed E-state index contributed by atoms with van der Waals surface area (Å²) in [6.07, 6.45) is 4.59. The molecular weight excluding hydrogens is 510 g/mol. The van der Waals surface area contributed by atoms with Gasteiger partial charge in [-0.2, -0.15) is 18.3 Å². The van der Waals surface area contributed by atoms with Crippen LogP contribution in [0, 0.1) is 5.82 Å². The fraction of sp³-hybridized carbons (Fsp3) is 0.280. The number of aryl methyl sites for hydroxylation is 1. The summed E-state index contributed by atoms with van der Waals surface area (Å²) in [6.45, 7) is 2.74. The molecule has 3 aromatic heterocycles. The molecule has 0 saturated heterocycles. The molecule has 1 aromatic carbocycles. The van der Waals surface area contributed by atoms with Crippen molar-refractivity contribution in [3.63, 3.8) is 0 Å². The average molecular weight is 536 g/mol. The first kappa shape index (κ1) is 27.9. The number of fused-ring (bicyclic) bond motifs is 1. The van der Waals surface area contributed by atoms with Gasteiger partial charge in [-0.15, -0.1) is 11.8 Å². The molecule has 0 aliphatic rings. The lowest BCUT2D eigenvalue weighted by Gasteiger charge is -2.09. The Morgan fingerprint density at radius 1 is 1.11 bits per heavy atom. The van der Waals surface area contributed by atoms with Crippen molar-refractivity contribution in [2.24, 2.45) is 0 Å². The zero-order valence-electron chi connectivity index (χ0n) is 20.1. The Bertz CT molecular complexity index is 1480. The normalized spacial score (nSPS) is 11.3. The number of unbranched alkanes of at least 4 members (excludes halogenated alkanes) is 2. The second-order valence-corrected chi connectivity index (χ2v) is 8.93. The zero-order chi connectivity index (χ0) is 27.2. The third-order valence-electron chi connectivity index (χ3n) is 5.47. The van der Waals surface area contributed by atoms with E-state index < -0.39 is 28.8 Å². The number of aromatic amines is 1. The summed E-state index contributed by atoms with van der Waals surface area (Å²) >= 11 is 1.61. The van der Waals surface area contributed by atoms with Crippen molar-refractivity contribution in [3.05, 3.63) is 81.0 Å². The Kier molecular flexibility index (Phi) is 9.09. The number of nitrogens with zero attached hydrogens (tertiary/aromatic N) is 3. The van der Waals surface area contributed by atoms with Crippen LogP contribution in [0.25, 0.3) is 22.0 Å². The number of anilines is 1. The molecule has 0 atom stereocenters. The quantitative estimate of drug-likeness (QED) is 0.192. The highest BCUT2D eigenvalue weighted by atomic mass is 32.2. The topological polar surface area (TPSA) is 107 Å². The van der Waals surface area contributed by atoms with Gasteiger partial charge in [0.05, 0.1) is 23.0 Å². The number of hydrogen-bond acceptors (Lipinski definition) is 6. The number of pyridine rings is 2. The first-order valence-corrected chi connectivity index (χ1v) is 12.5. The monoisotopic (exact) mass is 535 g/mol. The van der Waals surface area contributed by atoms with Crippen molar-refractivity contribution >= 4 is 28.2 Å². The van der Waals surface area contributed by atoms with E-state index in [4.69, 9.17) is 5.73 Å². The summed E-state index contributed by atoms with van der Waals surface area (Å²) in [5.74, 6) is -0.488. The lowest BCUT2D eigenvalue weighted by atomic mass is 10.1. The number of halogens is 4. The first-order chi connectivity index (χ1) is 17.6. The third-order valence-corrected chi connectivity index (χ3v) is 6.18. The van der Waals surface area contributed by atoms with Gasteiger partial charge in [-0.3, -0.25) is 14.6 Å². The van der Waals surface area contributed by atoms with Crippen molar-refractivity contribution in [1.82, 2.24) is 19.7 Å². The molecule has 3 N–H and O–H groups in total. The van der Waals surface area contributed by atoms with Crippen LogP contribution in [-0.4, -0.2) is 26.0 Å². The maximum absolute atomic E-state index is 14.7. The van der Waals surface area contributed by atoms with Gasteiger partial charge in [0.15, 0.2) is 0 Å². The minimum absolute atomic E-state index is 0.156. The molecular formula is C25H25F4N5O2S. The highest BCUT2D eigenvalue weighted by Crippen LogP contribution is 2.29. The predicted octanol–water partition coefficient (Wildman–Crippen LogP) is 5.49. The van der Waals surface area contributed by atoms with Crippen LogP contribution < -0.4 is 16.9 Å². The number of hydrogen-bond donors (Lipinski definition) is 2. The Morgan fingerprint density at radius 3 is 2.43 bits per heavy atom. The average Bonchev–Trinajstić information content (AvgIpc) is 2.85. The number of aromatic nitrogens is 4. The standard InChI is InChI=1S/C20H21FN2OS.C5H4F3N3O/c1-3-4-5-9-23-10-8-14-11-15(12-17(21)19(14)20(23)24)18-7-6-16(25-2)13-22-18;6-5(7,8)3-2(9)1-10-11-4(3)12/h6-8,10-13H,3-5,9H2,1-2H3;1H,(H3,9,11,12). The maximum atomic E-state index is 14.7. The third kappa shape index (κ3) is 6.76. The number of benzene rings is 1. The van der Waals surface area contributed by atoms with Gasteiger partial charge < -0.3 is 10.3 Å². The lowest BCUT2D eigenvalue weighted by molar-refractivity contribution is -0.138. The summed E-state index contributed by atoms with van der Waals surface area (Å²) in [7, 11) is 0. The second-order valence-electron chi connectivity index (χ2n) is 8.05. The first-order valence-electron chi connectivity index (χ1n) is 11.3. The van der Waals surface area contributed by atoms with Crippen molar-refractivity contribution in [2.45, 2.75) is 43.8 Å². The van der Waals surface area contributed by atoms with E-state index in [-0.39, 0.29) is 10.9 Å². The molecule has 37 heavy (non-hydrogen) atoms. The van der Waals surface area contributed by atoms with Gasteiger partial charge >= 0.3 is 6.18 Å². The van der Waals surface area contributed by atoms with E-state index in [1.54, 1.807) is 33.8 Å². The summed E-state index contributed by atoms with van der Waals surface area (Å²) in [5, 5.41) is 5.51. The molecule has 0 aliphatic carbocycles. The zero-order valence-corrected chi connectivity index (χ0v) is 20.9. The van der Waals surface area contributed by atoms with Crippen LogP contribution >= 0.6 is 11.8 Å². The van der Waals surface area contributed by atoms with Gasteiger partial charge in [-0.05, 0) is 48.4 Å². The van der Waals surface area contributed by atoms with Crippen molar-refractivity contribution in [3.8, 4) is 11.3 Å². The smallest absolute Gasteiger partial charge is 0.397 e. The molecule has 0 radical (unpaired) electrons. The molecule has 0 saturated carbocycles. The highest BCUT2D eigenvalue weighted by Gasteiger charge is 2.36. The van der Waals surface area contributed by atoms with Crippen LogP contribution in [-0.2, 0) is 12.7 Å². The minimum Gasteiger partial charge on any atom is -0.397 e. The fourth-order valence-electron chi connectivity index (χ4n) is 3.60. The molecule has 0 amide bonds. The fourth-order valence-corrected chi connectivity index (χ4v) is 3.96. The van der Waals surface area contributed by atoms with Crippen molar-refractivity contribution in [2.75, 3.05) is 12.0 Å². The van der Waals surface area contributed by atoms with E-state index in [1.165, 1.54) is 6.07 Å². The molecule has 4 aromatic rings. The van der Waals surface area contributed by atoms with E-state index >= 15 is 0 Å². The summed E-state index contributed by atoms with van der Waals surface area (Å²) in [5.41, 5.74) is 2.61. The van der Waals surface area contributed by atoms with Gasteiger partial charge in [-0.1, -0.05) is 19.8 Å². The lowest BCUT2D eigenvalue weighted by Crippen LogP contribution is -2.24. The molecule has 0 unspecified atom stereocenters.